The topological polar surface area (TPSA) is 109 Å². The minimum absolute atomic E-state index is 0.128. The molecule has 3 N–H and O–H groups in total. The van der Waals surface area contributed by atoms with Gasteiger partial charge in [-0.25, -0.2) is 5.43 Å². The quantitative estimate of drug-likeness (QED) is 0.260. The van der Waals surface area contributed by atoms with E-state index in [0.29, 0.717) is 30.0 Å². The summed E-state index contributed by atoms with van der Waals surface area (Å²) in [5.74, 6) is -1.35. The van der Waals surface area contributed by atoms with Crippen LogP contribution in [0.3, 0.4) is 0 Å². The first-order chi connectivity index (χ1) is 16.5. The van der Waals surface area contributed by atoms with Crippen LogP contribution in [0, 0.1) is 6.92 Å². The van der Waals surface area contributed by atoms with E-state index in [1.807, 2.05) is 61.5 Å². The number of nitrogens with one attached hydrogen (secondary N) is 3. The Balaban J connectivity index is 1.36. The predicted molar refractivity (Wildman–Crippen MR) is 131 cm³/mol. The maximum Gasteiger partial charge on any atom is 0.329 e. The molecule has 0 aliphatic heterocycles. The summed E-state index contributed by atoms with van der Waals surface area (Å²) in [6.45, 7) is 2.20. The summed E-state index contributed by atoms with van der Waals surface area (Å²) in [5.41, 5.74) is 5.76. The van der Waals surface area contributed by atoms with Crippen molar-refractivity contribution in [3.63, 3.8) is 0 Å². The standard InChI is InChI=1S/C26H26N4O4/c1-19-7-11-22(12-8-19)29-24(31)18-34-23-13-9-21(10-14-23)17-28-30-26(33)25(32)27-16-15-20-5-3-2-4-6-20/h2-14,17H,15-16,18H2,1H3,(H,27,32)(H,29,31)(H,30,33)/b28-17-. The van der Waals surface area contributed by atoms with Crippen molar-refractivity contribution in [1.29, 1.82) is 0 Å². The van der Waals surface area contributed by atoms with Gasteiger partial charge < -0.3 is 15.4 Å². The number of hydrogen-bond donors (Lipinski definition) is 3. The zero-order valence-electron chi connectivity index (χ0n) is 18.8. The number of anilines is 1. The molecule has 8 heteroatoms. The molecule has 174 valence electrons. The van der Waals surface area contributed by atoms with E-state index in [4.69, 9.17) is 4.74 Å². The SMILES string of the molecule is Cc1ccc(NC(=O)COc2ccc(/C=N\NC(=O)C(=O)NCCc3ccccc3)cc2)cc1. The molecule has 8 nitrogen and oxygen atoms in total. The first kappa shape index (κ1) is 24.2. The maximum absolute atomic E-state index is 12.0. The van der Waals surface area contributed by atoms with Crippen LogP contribution in [0.5, 0.6) is 5.75 Å². The van der Waals surface area contributed by atoms with Gasteiger partial charge in [0.2, 0.25) is 0 Å². The zero-order valence-corrected chi connectivity index (χ0v) is 18.8. The number of carbonyl (C=O) groups excluding carboxylic acids is 3. The Morgan fingerprint density at radius 2 is 1.59 bits per heavy atom. The van der Waals surface area contributed by atoms with E-state index in [-0.39, 0.29) is 12.5 Å². The van der Waals surface area contributed by atoms with Gasteiger partial charge in [-0.1, -0.05) is 48.0 Å². The summed E-state index contributed by atoms with van der Waals surface area (Å²) in [5, 5.41) is 9.11. The fourth-order valence-corrected chi connectivity index (χ4v) is 2.89. The van der Waals surface area contributed by atoms with Crippen LogP contribution in [0.25, 0.3) is 0 Å². The van der Waals surface area contributed by atoms with Gasteiger partial charge in [-0.15, -0.1) is 0 Å². The number of amides is 3. The van der Waals surface area contributed by atoms with Crippen LogP contribution in [-0.4, -0.2) is 37.1 Å². The molecule has 0 saturated heterocycles. The molecular weight excluding hydrogens is 432 g/mol. The van der Waals surface area contributed by atoms with Crippen LogP contribution < -0.4 is 20.8 Å². The normalized spacial score (nSPS) is 10.5. The summed E-state index contributed by atoms with van der Waals surface area (Å²) in [4.78, 5) is 35.7. The third kappa shape index (κ3) is 8.23. The van der Waals surface area contributed by atoms with Crippen molar-refractivity contribution in [2.24, 2.45) is 5.10 Å². The molecule has 0 radical (unpaired) electrons. The highest BCUT2D eigenvalue weighted by Gasteiger charge is 2.11. The number of benzene rings is 3. The van der Waals surface area contributed by atoms with E-state index in [1.54, 1.807) is 24.3 Å². The van der Waals surface area contributed by atoms with Crippen molar-refractivity contribution in [3.05, 3.63) is 95.6 Å². The molecule has 0 spiro atoms. The number of carbonyl (C=O) groups is 3. The van der Waals surface area contributed by atoms with Gasteiger partial charge in [0.15, 0.2) is 6.61 Å². The van der Waals surface area contributed by atoms with Gasteiger partial charge in [-0.3, -0.25) is 14.4 Å². The molecule has 0 atom stereocenters. The molecule has 34 heavy (non-hydrogen) atoms. The molecule has 0 heterocycles. The first-order valence-electron chi connectivity index (χ1n) is 10.7. The fourth-order valence-electron chi connectivity index (χ4n) is 2.89. The molecule has 3 amide bonds. The largest absolute Gasteiger partial charge is 0.484 e. The lowest BCUT2D eigenvalue weighted by Gasteiger charge is -2.08. The lowest BCUT2D eigenvalue weighted by Crippen LogP contribution is -2.38. The number of hydrogen-bond acceptors (Lipinski definition) is 5. The first-order valence-corrected chi connectivity index (χ1v) is 10.7. The van der Waals surface area contributed by atoms with Gasteiger partial charge in [0.05, 0.1) is 6.21 Å². The third-order valence-corrected chi connectivity index (χ3v) is 4.71. The molecule has 0 fully saturated rings. The van der Waals surface area contributed by atoms with Crippen molar-refractivity contribution < 1.29 is 19.1 Å². The van der Waals surface area contributed by atoms with E-state index in [0.717, 1.165) is 11.1 Å². The molecule has 3 aromatic rings. The Hall–Kier alpha value is -4.46. The second kappa shape index (κ2) is 12.5. The van der Waals surface area contributed by atoms with Crippen molar-refractivity contribution >= 4 is 29.6 Å². The van der Waals surface area contributed by atoms with Crippen LogP contribution in [0.2, 0.25) is 0 Å². The van der Waals surface area contributed by atoms with Gasteiger partial charge in [-0.2, -0.15) is 5.10 Å². The average Bonchev–Trinajstić information content (AvgIpc) is 2.85. The Kier molecular flexibility index (Phi) is 8.92. The van der Waals surface area contributed by atoms with E-state index < -0.39 is 11.8 Å². The highest BCUT2D eigenvalue weighted by atomic mass is 16.5. The van der Waals surface area contributed by atoms with Crippen molar-refractivity contribution in [2.45, 2.75) is 13.3 Å². The van der Waals surface area contributed by atoms with Crippen molar-refractivity contribution in [1.82, 2.24) is 10.7 Å². The number of rotatable bonds is 9. The highest BCUT2D eigenvalue weighted by Crippen LogP contribution is 2.12. The maximum atomic E-state index is 12.0. The second-order valence-electron chi connectivity index (χ2n) is 7.46. The second-order valence-corrected chi connectivity index (χ2v) is 7.46. The van der Waals surface area contributed by atoms with Gasteiger partial charge in [0.1, 0.15) is 5.75 Å². The summed E-state index contributed by atoms with van der Waals surface area (Å²) in [6.07, 6.45) is 2.04. The van der Waals surface area contributed by atoms with E-state index in [2.05, 4.69) is 21.2 Å². The van der Waals surface area contributed by atoms with Crippen LogP contribution in [-0.2, 0) is 20.8 Å². The van der Waals surface area contributed by atoms with Crippen molar-refractivity contribution in [2.75, 3.05) is 18.5 Å². The number of nitrogens with zero attached hydrogens (tertiary/aromatic N) is 1. The van der Waals surface area contributed by atoms with E-state index >= 15 is 0 Å². The monoisotopic (exact) mass is 458 g/mol. The highest BCUT2D eigenvalue weighted by molar-refractivity contribution is 6.35. The van der Waals surface area contributed by atoms with Crippen LogP contribution >= 0.6 is 0 Å². The van der Waals surface area contributed by atoms with E-state index in [1.165, 1.54) is 6.21 Å². The fraction of sp³-hybridized carbons (Fsp3) is 0.154. The lowest BCUT2D eigenvalue weighted by molar-refractivity contribution is -0.139. The molecule has 0 aliphatic carbocycles. The number of hydrazone groups is 1. The Bertz CT molecular complexity index is 1130. The molecule has 3 rings (SSSR count). The van der Waals surface area contributed by atoms with Crippen LogP contribution in [0.15, 0.2) is 84.0 Å². The van der Waals surface area contributed by atoms with Gasteiger partial charge >= 0.3 is 11.8 Å². The minimum Gasteiger partial charge on any atom is -0.484 e. The smallest absolute Gasteiger partial charge is 0.329 e. The van der Waals surface area contributed by atoms with Gasteiger partial charge in [0, 0.05) is 12.2 Å². The van der Waals surface area contributed by atoms with E-state index in [9.17, 15) is 14.4 Å². The predicted octanol–water partition coefficient (Wildman–Crippen LogP) is 2.82. The summed E-state index contributed by atoms with van der Waals surface area (Å²) >= 11 is 0. The molecule has 3 aromatic carbocycles. The summed E-state index contributed by atoms with van der Waals surface area (Å²) < 4.78 is 5.48. The third-order valence-electron chi connectivity index (χ3n) is 4.71. The molecule has 0 saturated carbocycles. The van der Waals surface area contributed by atoms with Crippen LogP contribution in [0.4, 0.5) is 5.69 Å². The van der Waals surface area contributed by atoms with Crippen molar-refractivity contribution in [3.8, 4) is 5.75 Å². The summed E-state index contributed by atoms with van der Waals surface area (Å²) in [7, 11) is 0. The lowest BCUT2D eigenvalue weighted by atomic mass is 10.1. The zero-order chi connectivity index (χ0) is 24.2. The Morgan fingerprint density at radius 3 is 2.29 bits per heavy atom. The Labute approximate surface area is 198 Å². The molecule has 0 aliphatic rings. The van der Waals surface area contributed by atoms with Crippen LogP contribution in [0.1, 0.15) is 16.7 Å². The van der Waals surface area contributed by atoms with Gasteiger partial charge in [0.25, 0.3) is 5.91 Å². The summed E-state index contributed by atoms with van der Waals surface area (Å²) in [6, 6.07) is 23.9. The molecule has 0 bridgehead atoms. The van der Waals surface area contributed by atoms with Gasteiger partial charge in [-0.05, 0) is 60.9 Å². The molecular formula is C26H26N4O4. The molecule has 0 aromatic heterocycles. The average molecular weight is 459 g/mol. The molecule has 0 unspecified atom stereocenters. The number of ether oxygens (including phenoxy) is 1. The minimum atomic E-state index is -0.844. The Morgan fingerprint density at radius 1 is 0.882 bits per heavy atom. The number of aryl methyl sites for hydroxylation is 1.